The first-order valence-electron chi connectivity index (χ1n) is 5.52. The van der Waals surface area contributed by atoms with Crippen molar-refractivity contribution in [1.82, 2.24) is 10.3 Å². The molecular weight excluding hydrogens is 252 g/mol. The fourth-order valence-electron chi connectivity index (χ4n) is 1.64. The van der Waals surface area contributed by atoms with Gasteiger partial charge in [-0.05, 0) is 37.1 Å². The topological polar surface area (TPSA) is 24.9 Å². The van der Waals surface area contributed by atoms with Crippen molar-refractivity contribution in [1.29, 1.82) is 0 Å². The third kappa shape index (κ3) is 3.53. The van der Waals surface area contributed by atoms with Crippen molar-refractivity contribution in [3.63, 3.8) is 0 Å². The molecule has 0 unspecified atom stereocenters. The molecule has 0 spiro atoms. The summed E-state index contributed by atoms with van der Waals surface area (Å²) in [6, 6.07) is 5.99. The average Bonchev–Trinajstić information content (AvgIpc) is 2.68. The zero-order valence-corrected chi connectivity index (χ0v) is 11.5. The second-order valence-electron chi connectivity index (χ2n) is 4.04. The molecule has 2 aromatic rings. The molecule has 0 aliphatic heterocycles. The Hall–Kier alpha value is -0.900. The van der Waals surface area contributed by atoms with Gasteiger partial charge in [0.2, 0.25) is 0 Å². The maximum Gasteiger partial charge on any atom is 0.107 e. The molecule has 4 heteroatoms. The van der Waals surface area contributed by atoms with Crippen LogP contribution in [0.25, 0.3) is 0 Å². The van der Waals surface area contributed by atoms with Crippen LogP contribution in [0.5, 0.6) is 0 Å². The van der Waals surface area contributed by atoms with Crippen LogP contribution in [0.4, 0.5) is 0 Å². The van der Waals surface area contributed by atoms with E-state index in [2.05, 4.69) is 30.2 Å². The van der Waals surface area contributed by atoms with Crippen molar-refractivity contribution < 1.29 is 0 Å². The summed E-state index contributed by atoms with van der Waals surface area (Å²) in [5, 5.41) is 5.32. The Bertz CT molecular complexity index is 508. The van der Waals surface area contributed by atoms with E-state index >= 15 is 0 Å². The lowest BCUT2D eigenvalue weighted by Gasteiger charge is -2.06. The Morgan fingerprint density at radius 3 is 2.76 bits per heavy atom. The molecule has 0 fully saturated rings. The summed E-state index contributed by atoms with van der Waals surface area (Å²) in [7, 11) is 0. The van der Waals surface area contributed by atoms with Gasteiger partial charge in [-0.2, -0.15) is 0 Å². The Labute approximate surface area is 111 Å². The molecule has 1 N–H and O–H groups in total. The van der Waals surface area contributed by atoms with Gasteiger partial charge in [0.15, 0.2) is 0 Å². The first-order valence-corrected chi connectivity index (χ1v) is 6.71. The highest BCUT2D eigenvalue weighted by Crippen LogP contribution is 2.15. The van der Waals surface area contributed by atoms with Gasteiger partial charge in [0.1, 0.15) is 5.01 Å². The van der Waals surface area contributed by atoms with Crippen LogP contribution in [-0.4, -0.2) is 4.98 Å². The Morgan fingerprint density at radius 2 is 2.12 bits per heavy atom. The number of benzene rings is 1. The summed E-state index contributed by atoms with van der Waals surface area (Å²) in [5.74, 6) is 0. The monoisotopic (exact) mass is 266 g/mol. The van der Waals surface area contributed by atoms with Gasteiger partial charge in [-0.25, -0.2) is 4.98 Å². The predicted octanol–water partition coefficient (Wildman–Crippen LogP) is 3.70. The molecule has 1 aromatic heterocycles. The van der Waals surface area contributed by atoms with Gasteiger partial charge >= 0.3 is 0 Å². The molecule has 2 nitrogen and oxygen atoms in total. The van der Waals surface area contributed by atoms with Crippen LogP contribution >= 0.6 is 22.9 Å². The van der Waals surface area contributed by atoms with Crippen LogP contribution in [0, 0.1) is 13.8 Å². The molecular formula is C13H15ClN2S. The molecule has 0 saturated heterocycles. The minimum atomic E-state index is 0.793. The Morgan fingerprint density at radius 1 is 1.29 bits per heavy atom. The van der Waals surface area contributed by atoms with Crippen LogP contribution in [0.3, 0.4) is 0 Å². The van der Waals surface area contributed by atoms with Crippen molar-refractivity contribution in [3.8, 4) is 0 Å². The van der Waals surface area contributed by atoms with Crippen molar-refractivity contribution in [2.45, 2.75) is 26.9 Å². The van der Waals surface area contributed by atoms with Gasteiger partial charge in [0.25, 0.3) is 0 Å². The normalized spacial score (nSPS) is 10.8. The van der Waals surface area contributed by atoms with Crippen molar-refractivity contribution in [2.24, 2.45) is 0 Å². The number of thiazole rings is 1. The summed E-state index contributed by atoms with van der Waals surface area (Å²) in [4.78, 5) is 5.57. The minimum absolute atomic E-state index is 0.793. The number of hydrogen-bond donors (Lipinski definition) is 1. The van der Waals surface area contributed by atoms with Crippen LogP contribution in [0.15, 0.2) is 24.4 Å². The second kappa shape index (κ2) is 5.63. The summed E-state index contributed by atoms with van der Waals surface area (Å²) in [6.07, 6.45) is 1.91. The van der Waals surface area contributed by atoms with Crippen LogP contribution in [0.2, 0.25) is 5.02 Å². The van der Waals surface area contributed by atoms with E-state index in [-0.39, 0.29) is 0 Å². The summed E-state index contributed by atoms with van der Waals surface area (Å²) in [5.41, 5.74) is 2.50. The molecule has 90 valence electrons. The van der Waals surface area contributed by atoms with E-state index in [1.807, 2.05) is 18.3 Å². The molecule has 0 bridgehead atoms. The lowest BCUT2D eigenvalue weighted by Crippen LogP contribution is -2.13. The Balaban J connectivity index is 1.90. The van der Waals surface area contributed by atoms with Crippen LogP contribution < -0.4 is 5.32 Å². The highest BCUT2D eigenvalue weighted by molar-refractivity contribution is 7.11. The van der Waals surface area contributed by atoms with Crippen LogP contribution in [0.1, 0.15) is 21.0 Å². The van der Waals surface area contributed by atoms with Gasteiger partial charge in [-0.15, -0.1) is 11.3 Å². The van der Waals surface area contributed by atoms with Crippen molar-refractivity contribution in [2.75, 3.05) is 0 Å². The van der Waals surface area contributed by atoms with Crippen molar-refractivity contribution >= 4 is 22.9 Å². The third-order valence-corrected chi connectivity index (χ3v) is 3.71. The quantitative estimate of drug-likeness (QED) is 0.913. The number of halogens is 1. The van der Waals surface area contributed by atoms with Crippen molar-refractivity contribution in [3.05, 3.63) is 50.4 Å². The number of aromatic nitrogens is 1. The molecule has 0 saturated carbocycles. The van der Waals surface area contributed by atoms with Gasteiger partial charge < -0.3 is 5.32 Å². The third-order valence-electron chi connectivity index (χ3n) is 2.57. The van der Waals surface area contributed by atoms with E-state index in [4.69, 9.17) is 11.6 Å². The molecule has 2 rings (SSSR count). The highest BCUT2D eigenvalue weighted by atomic mass is 35.5. The van der Waals surface area contributed by atoms with Gasteiger partial charge in [-0.3, -0.25) is 0 Å². The van der Waals surface area contributed by atoms with Crippen LogP contribution in [-0.2, 0) is 13.1 Å². The van der Waals surface area contributed by atoms with E-state index in [1.54, 1.807) is 11.3 Å². The zero-order chi connectivity index (χ0) is 12.3. The second-order valence-corrected chi connectivity index (χ2v) is 5.79. The SMILES string of the molecule is Cc1cnc(CNCc2ccc(Cl)cc2C)s1. The molecule has 0 radical (unpaired) electrons. The highest BCUT2D eigenvalue weighted by Gasteiger charge is 2.01. The van der Waals surface area contributed by atoms with Gasteiger partial charge in [0.05, 0.1) is 0 Å². The number of nitrogens with zero attached hydrogens (tertiary/aromatic N) is 1. The predicted molar refractivity (Wildman–Crippen MR) is 73.6 cm³/mol. The van der Waals surface area contributed by atoms with E-state index in [0.717, 1.165) is 23.1 Å². The zero-order valence-electron chi connectivity index (χ0n) is 9.96. The number of aryl methyl sites for hydroxylation is 2. The number of nitrogens with one attached hydrogen (secondary N) is 1. The first kappa shape index (κ1) is 12.6. The lowest BCUT2D eigenvalue weighted by atomic mass is 10.1. The maximum absolute atomic E-state index is 5.92. The molecule has 17 heavy (non-hydrogen) atoms. The number of hydrogen-bond acceptors (Lipinski definition) is 3. The van der Waals surface area contributed by atoms with E-state index in [0.29, 0.717) is 0 Å². The molecule has 0 amide bonds. The standard InChI is InChI=1S/C13H15ClN2S/c1-9-5-12(14)4-3-11(9)7-15-8-13-16-6-10(2)17-13/h3-6,15H,7-8H2,1-2H3. The molecule has 1 aromatic carbocycles. The minimum Gasteiger partial charge on any atom is -0.306 e. The van der Waals surface area contributed by atoms with E-state index < -0.39 is 0 Å². The largest absolute Gasteiger partial charge is 0.306 e. The van der Waals surface area contributed by atoms with E-state index in [1.165, 1.54) is 16.0 Å². The number of rotatable bonds is 4. The van der Waals surface area contributed by atoms with Gasteiger partial charge in [0, 0.05) is 29.2 Å². The summed E-state index contributed by atoms with van der Waals surface area (Å²) < 4.78 is 0. The average molecular weight is 267 g/mol. The maximum atomic E-state index is 5.92. The lowest BCUT2D eigenvalue weighted by molar-refractivity contribution is 0.687. The molecule has 1 heterocycles. The first-order chi connectivity index (χ1) is 8.15. The fraction of sp³-hybridized carbons (Fsp3) is 0.308. The molecule has 0 atom stereocenters. The summed E-state index contributed by atoms with van der Waals surface area (Å²) in [6.45, 7) is 5.82. The van der Waals surface area contributed by atoms with E-state index in [9.17, 15) is 0 Å². The van der Waals surface area contributed by atoms with Gasteiger partial charge in [-0.1, -0.05) is 17.7 Å². The summed E-state index contributed by atoms with van der Waals surface area (Å²) >= 11 is 7.66. The molecule has 0 aliphatic rings. The molecule has 0 aliphatic carbocycles. The fourth-order valence-corrected chi connectivity index (χ4v) is 2.63. The smallest absolute Gasteiger partial charge is 0.107 e. The Kier molecular flexibility index (Phi) is 4.15.